The number of amides is 1. The molecule has 2 aromatic heterocycles. The molecule has 32 heavy (non-hydrogen) atoms. The monoisotopic (exact) mass is 456 g/mol. The molecule has 0 atom stereocenters. The van der Waals surface area contributed by atoms with E-state index in [4.69, 9.17) is 9.47 Å². The Bertz CT molecular complexity index is 1060. The average molecular weight is 457 g/mol. The van der Waals surface area contributed by atoms with Crippen molar-refractivity contribution in [2.45, 2.75) is 40.0 Å². The van der Waals surface area contributed by atoms with E-state index in [0.717, 1.165) is 36.3 Å². The number of ether oxygens (including phenoxy) is 2. The van der Waals surface area contributed by atoms with Crippen molar-refractivity contribution >= 4 is 28.3 Å². The summed E-state index contributed by atoms with van der Waals surface area (Å²) in [5.74, 6) is -0.379. The summed E-state index contributed by atoms with van der Waals surface area (Å²) in [6.07, 6.45) is 4.47. The third-order valence-corrected chi connectivity index (χ3v) is 5.99. The first-order valence-corrected chi connectivity index (χ1v) is 11.5. The molecule has 0 saturated carbocycles. The fourth-order valence-electron chi connectivity index (χ4n) is 3.18. The summed E-state index contributed by atoms with van der Waals surface area (Å²) in [4.78, 5) is 32.4. The van der Waals surface area contributed by atoms with Crippen LogP contribution in [0, 0.1) is 6.92 Å². The third kappa shape index (κ3) is 5.16. The number of hydrogen-bond donors (Lipinski definition) is 0. The fourth-order valence-corrected chi connectivity index (χ4v) is 4.17. The molecule has 2 heterocycles. The van der Waals surface area contributed by atoms with Gasteiger partial charge in [-0.1, -0.05) is 49.3 Å². The molecule has 0 aliphatic rings. The highest BCUT2D eigenvalue weighted by molar-refractivity contribution is 7.17. The summed E-state index contributed by atoms with van der Waals surface area (Å²) >= 11 is 1.16. The SMILES string of the molecule is CCCCCN(C(=O)c1nn(-c2ccccc2)cc1OC)c1nc(C)c(C(=O)OCC)s1. The molecule has 0 unspecified atom stereocenters. The Morgan fingerprint density at radius 2 is 1.91 bits per heavy atom. The van der Waals surface area contributed by atoms with Gasteiger partial charge in [0.25, 0.3) is 5.91 Å². The normalized spacial score (nSPS) is 10.8. The van der Waals surface area contributed by atoms with Crippen LogP contribution >= 0.6 is 11.3 Å². The number of benzene rings is 1. The maximum atomic E-state index is 13.6. The number of aryl methyl sites for hydroxylation is 1. The first-order valence-electron chi connectivity index (χ1n) is 10.7. The molecule has 0 N–H and O–H groups in total. The number of carbonyl (C=O) groups is 2. The molecule has 1 amide bonds. The number of thiazole rings is 1. The Labute approximate surface area is 191 Å². The fraction of sp³-hybridized carbons (Fsp3) is 0.391. The number of methoxy groups -OCH3 is 1. The molecule has 0 saturated heterocycles. The number of hydrogen-bond acceptors (Lipinski definition) is 7. The van der Waals surface area contributed by atoms with Gasteiger partial charge < -0.3 is 9.47 Å². The highest BCUT2D eigenvalue weighted by Gasteiger charge is 2.28. The molecule has 8 nitrogen and oxygen atoms in total. The molecule has 170 valence electrons. The van der Waals surface area contributed by atoms with Gasteiger partial charge in [0.2, 0.25) is 0 Å². The highest BCUT2D eigenvalue weighted by atomic mass is 32.1. The van der Waals surface area contributed by atoms with Crippen LogP contribution in [0.15, 0.2) is 36.5 Å². The van der Waals surface area contributed by atoms with E-state index in [9.17, 15) is 9.59 Å². The summed E-state index contributed by atoms with van der Waals surface area (Å²) in [5.41, 5.74) is 1.55. The van der Waals surface area contributed by atoms with E-state index < -0.39 is 5.97 Å². The maximum Gasteiger partial charge on any atom is 0.350 e. The lowest BCUT2D eigenvalue weighted by atomic mass is 10.2. The van der Waals surface area contributed by atoms with Gasteiger partial charge in [0.15, 0.2) is 16.6 Å². The average Bonchev–Trinajstić information content (AvgIpc) is 3.41. The minimum Gasteiger partial charge on any atom is -0.493 e. The number of esters is 1. The largest absolute Gasteiger partial charge is 0.493 e. The number of aromatic nitrogens is 3. The molecule has 3 aromatic rings. The molecular weight excluding hydrogens is 428 g/mol. The molecule has 0 aliphatic carbocycles. The second-order valence-electron chi connectivity index (χ2n) is 7.12. The minimum atomic E-state index is -0.430. The van der Waals surface area contributed by atoms with E-state index in [2.05, 4.69) is 17.0 Å². The Hall–Kier alpha value is -3.20. The Balaban J connectivity index is 1.98. The number of para-hydroxylation sites is 1. The minimum absolute atomic E-state index is 0.193. The first kappa shape index (κ1) is 23.5. The zero-order chi connectivity index (χ0) is 23.1. The molecule has 9 heteroatoms. The van der Waals surface area contributed by atoms with E-state index in [0.29, 0.717) is 28.0 Å². The Morgan fingerprint density at radius 3 is 2.56 bits per heavy atom. The second-order valence-corrected chi connectivity index (χ2v) is 8.10. The van der Waals surface area contributed by atoms with Crippen LogP contribution in [0.1, 0.15) is 59.0 Å². The number of nitrogens with zero attached hydrogens (tertiary/aromatic N) is 4. The highest BCUT2D eigenvalue weighted by Crippen LogP contribution is 2.30. The van der Waals surface area contributed by atoms with Crippen molar-refractivity contribution in [1.82, 2.24) is 14.8 Å². The molecule has 0 aliphatic heterocycles. The van der Waals surface area contributed by atoms with Gasteiger partial charge >= 0.3 is 5.97 Å². The van der Waals surface area contributed by atoms with E-state index in [1.165, 1.54) is 7.11 Å². The predicted octanol–water partition coefficient (Wildman–Crippen LogP) is 4.66. The van der Waals surface area contributed by atoms with Crippen LogP contribution in [0.3, 0.4) is 0 Å². The van der Waals surface area contributed by atoms with Crippen LogP contribution in [0.2, 0.25) is 0 Å². The van der Waals surface area contributed by atoms with Gasteiger partial charge in [-0.2, -0.15) is 5.10 Å². The van der Waals surface area contributed by atoms with Crippen molar-refractivity contribution in [1.29, 1.82) is 0 Å². The van der Waals surface area contributed by atoms with E-state index >= 15 is 0 Å². The van der Waals surface area contributed by atoms with Crippen molar-refractivity contribution in [3.05, 3.63) is 52.8 Å². The molecule has 1 aromatic carbocycles. The molecule has 0 radical (unpaired) electrons. The van der Waals surface area contributed by atoms with E-state index in [1.54, 1.807) is 29.6 Å². The molecule has 0 bridgehead atoms. The Kier molecular flexibility index (Phi) is 7.99. The van der Waals surface area contributed by atoms with Crippen molar-refractivity contribution in [2.75, 3.05) is 25.2 Å². The standard InChI is InChI=1S/C23H28N4O4S/c1-5-7-11-14-26(23-24-16(3)20(32-23)22(29)31-6-2)21(28)19-18(30-4)15-27(25-19)17-12-9-8-10-13-17/h8-10,12-13,15H,5-7,11,14H2,1-4H3. The number of anilines is 1. The van der Waals surface area contributed by atoms with Crippen molar-refractivity contribution in [3.8, 4) is 11.4 Å². The zero-order valence-corrected chi connectivity index (χ0v) is 19.6. The summed E-state index contributed by atoms with van der Waals surface area (Å²) in [7, 11) is 1.51. The van der Waals surface area contributed by atoms with Crippen LogP contribution in [0.25, 0.3) is 5.69 Å². The smallest absolute Gasteiger partial charge is 0.350 e. The lowest BCUT2D eigenvalue weighted by Gasteiger charge is -2.19. The Morgan fingerprint density at radius 1 is 1.16 bits per heavy atom. The van der Waals surface area contributed by atoms with Crippen molar-refractivity contribution in [3.63, 3.8) is 0 Å². The lowest BCUT2D eigenvalue weighted by Crippen LogP contribution is -2.32. The first-order chi connectivity index (χ1) is 15.5. The molecular formula is C23H28N4O4S. The lowest BCUT2D eigenvalue weighted by molar-refractivity contribution is 0.0531. The van der Waals surface area contributed by atoms with Gasteiger partial charge in [0, 0.05) is 6.54 Å². The molecule has 0 spiro atoms. The van der Waals surface area contributed by atoms with Gasteiger partial charge in [-0.3, -0.25) is 9.69 Å². The van der Waals surface area contributed by atoms with Crippen LogP contribution < -0.4 is 9.64 Å². The topological polar surface area (TPSA) is 86.5 Å². The third-order valence-electron chi connectivity index (χ3n) is 4.83. The molecule has 0 fully saturated rings. The maximum absolute atomic E-state index is 13.6. The van der Waals surface area contributed by atoms with E-state index in [-0.39, 0.29) is 18.2 Å². The van der Waals surface area contributed by atoms with Crippen LogP contribution in [0.5, 0.6) is 5.75 Å². The van der Waals surface area contributed by atoms with Gasteiger partial charge in [-0.15, -0.1) is 0 Å². The van der Waals surface area contributed by atoms with Gasteiger partial charge in [-0.25, -0.2) is 14.5 Å². The van der Waals surface area contributed by atoms with Gasteiger partial charge in [-0.05, 0) is 32.4 Å². The predicted molar refractivity (Wildman–Crippen MR) is 124 cm³/mol. The number of carbonyl (C=O) groups excluding carboxylic acids is 2. The summed E-state index contributed by atoms with van der Waals surface area (Å²) in [6.45, 7) is 6.34. The summed E-state index contributed by atoms with van der Waals surface area (Å²) in [5, 5.41) is 4.95. The van der Waals surface area contributed by atoms with E-state index in [1.807, 2.05) is 30.3 Å². The van der Waals surface area contributed by atoms with Crippen molar-refractivity contribution in [2.24, 2.45) is 0 Å². The number of unbranched alkanes of at least 4 members (excludes halogenated alkanes) is 2. The zero-order valence-electron chi connectivity index (χ0n) is 18.8. The van der Waals surface area contributed by atoms with Crippen LogP contribution in [-0.2, 0) is 4.74 Å². The van der Waals surface area contributed by atoms with Crippen LogP contribution in [0.4, 0.5) is 5.13 Å². The summed E-state index contributed by atoms with van der Waals surface area (Å²) < 4.78 is 12.2. The number of rotatable bonds is 10. The van der Waals surface area contributed by atoms with Gasteiger partial charge in [0.05, 0.1) is 31.3 Å². The van der Waals surface area contributed by atoms with Crippen LogP contribution in [-0.4, -0.2) is 46.9 Å². The van der Waals surface area contributed by atoms with Crippen molar-refractivity contribution < 1.29 is 19.1 Å². The van der Waals surface area contributed by atoms with Gasteiger partial charge in [0.1, 0.15) is 4.88 Å². The summed E-state index contributed by atoms with van der Waals surface area (Å²) in [6, 6.07) is 9.51. The second kappa shape index (κ2) is 10.9. The molecule has 3 rings (SSSR count). The quantitative estimate of drug-likeness (QED) is 0.326.